The largest absolute Gasteiger partial charge is 0.330 e. The molecule has 2 unspecified atom stereocenters. The molecule has 0 heterocycles. The van der Waals surface area contributed by atoms with Crippen LogP contribution < -0.4 is 22.1 Å². The maximum absolute atomic E-state index is 6.17. The fourth-order valence-electron chi connectivity index (χ4n) is 2.50. The minimum absolute atomic E-state index is 0.138. The van der Waals surface area contributed by atoms with Gasteiger partial charge in [0, 0.05) is 12.1 Å². The summed E-state index contributed by atoms with van der Waals surface area (Å²) < 4.78 is 0. The van der Waals surface area contributed by atoms with Gasteiger partial charge in [-0.2, -0.15) is 0 Å². The topological polar surface area (TPSA) is 76.1 Å². The predicted molar refractivity (Wildman–Crippen MR) is 95.8 cm³/mol. The Labute approximate surface area is 136 Å². The Morgan fingerprint density at radius 1 is 0.955 bits per heavy atom. The van der Waals surface area contributed by atoms with Crippen LogP contribution in [0.4, 0.5) is 0 Å². The number of hydrogen-bond acceptors (Lipinski definition) is 4. The molecule has 1 aromatic rings. The van der Waals surface area contributed by atoms with E-state index in [2.05, 4.69) is 29.7 Å². The Morgan fingerprint density at radius 3 is 2.41 bits per heavy atom. The van der Waals surface area contributed by atoms with Gasteiger partial charge in [0.25, 0.3) is 0 Å². The van der Waals surface area contributed by atoms with E-state index >= 15 is 0 Å². The van der Waals surface area contributed by atoms with Gasteiger partial charge in [-0.3, -0.25) is 0 Å². The number of rotatable bonds is 13. The Balaban J connectivity index is 1.91. The first-order chi connectivity index (χ1) is 10.7. The highest BCUT2D eigenvalue weighted by Crippen LogP contribution is 2.12. The molecular weight excluding hydrogens is 272 g/mol. The number of unbranched alkanes of at least 4 members (excludes halogenated alkanes) is 1. The van der Waals surface area contributed by atoms with Gasteiger partial charge in [-0.1, -0.05) is 30.3 Å². The van der Waals surface area contributed by atoms with Crippen molar-refractivity contribution in [1.29, 1.82) is 0 Å². The first-order valence-corrected chi connectivity index (χ1v) is 8.68. The first-order valence-electron chi connectivity index (χ1n) is 8.68. The van der Waals surface area contributed by atoms with Crippen molar-refractivity contribution in [2.24, 2.45) is 11.5 Å². The normalized spacial score (nSPS) is 14.0. The summed E-state index contributed by atoms with van der Waals surface area (Å²) in [5.41, 5.74) is 12.9. The third-order valence-electron chi connectivity index (χ3n) is 3.97. The van der Waals surface area contributed by atoms with Gasteiger partial charge >= 0.3 is 0 Å². The van der Waals surface area contributed by atoms with Gasteiger partial charge in [-0.25, -0.2) is 0 Å². The SMILES string of the molecule is CC(CCCN)NCCCCNCCC(N)c1ccccc1. The molecule has 0 bridgehead atoms. The van der Waals surface area contributed by atoms with Crippen molar-refractivity contribution in [3.63, 3.8) is 0 Å². The molecule has 0 aliphatic heterocycles. The highest BCUT2D eigenvalue weighted by molar-refractivity contribution is 5.18. The van der Waals surface area contributed by atoms with Crippen molar-refractivity contribution in [1.82, 2.24) is 10.6 Å². The average Bonchev–Trinajstić information content (AvgIpc) is 2.55. The number of nitrogens with one attached hydrogen (secondary N) is 2. The zero-order valence-corrected chi connectivity index (χ0v) is 14.1. The molecule has 0 spiro atoms. The summed E-state index contributed by atoms with van der Waals surface area (Å²) in [6.07, 6.45) is 5.68. The molecule has 0 saturated heterocycles. The molecule has 126 valence electrons. The standard InChI is InChI=1S/C18H34N4/c1-16(8-7-12-19)22-14-6-5-13-21-15-11-18(20)17-9-3-2-4-10-17/h2-4,9-10,16,18,21-22H,5-8,11-15,19-20H2,1H3. The van der Waals surface area contributed by atoms with E-state index in [4.69, 9.17) is 11.5 Å². The Bertz CT molecular complexity index is 355. The number of hydrogen-bond donors (Lipinski definition) is 4. The molecule has 1 aromatic carbocycles. The Kier molecular flexibility index (Phi) is 10.9. The predicted octanol–water partition coefficient (Wildman–Crippen LogP) is 2.16. The van der Waals surface area contributed by atoms with Crippen LogP contribution in [0.2, 0.25) is 0 Å². The molecule has 0 aliphatic carbocycles. The summed E-state index contributed by atoms with van der Waals surface area (Å²) in [5.74, 6) is 0. The number of nitrogens with two attached hydrogens (primary N) is 2. The molecule has 0 saturated carbocycles. The van der Waals surface area contributed by atoms with Gasteiger partial charge < -0.3 is 22.1 Å². The maximum Gasteiger partial charge on any atom is 0.0306 e. The summed E-state index contributed by atoms with van der Waals surface area (Å²) in [6, 6.07) is 11.0. The lowest BCUT2D eigenvalue weighted by molar-refractivity contribution is 0.482. The van der Waals surface area contributed by atoms with E-state index in [1.54, 1.807) is 0 Å². The second-order valence-electron chi connectivity index (χ2n) is 6.05. The van der Waals surface area contributed by atoms with Gasteiger partial charge in [0.2, 0.25) is 0 Å². The van der Waals surface area contributed by atoms with E-state index in [0.717, 1.165) is 39.0 Å². The molecule has 1 rings (SSSR count). The third-order valence-corrected chi connectivity index (χ3v) is 3.97. The van der Waals surface area contributed by atoms with Crippen LogP contribution in [0.5, 0.6) is 0 Å². The molecule has 22 heavy (non-hydrogen) atoms. The molecular formula is C18H34N4. The van der Waals surface area contributed by atoms with E-state index in [0.29, 0.717) is 6.04 Å². The Morgan fingerprint density at radius 2 is 1.68 bits per heavy atom. The molecule has 4 nitrogen and oxygen atoms in total. The lowest BCUT2D eigenvalue weighted by Gasteiger charge is -2.14. The lowest BCUT2D eigenvalue weighted by Crippen LogP contribution is -2.28. The van der Waals surface area contributed by atoms with E-state index in [-0.39, 0.29) is 6.04 Å². The minimum atomic E-state index is 0.138. The van der Waals surface area contributed by atoms with Gasteiger partial charge in [-0.05, 0) is 70.8 Å². The van der Waals surface area contributed by atoms with Crippen LogP contribution in [0.1, 0.15) is 50.6 Å². The molecule has 0 amide bonds. The summed E-state index contributed by atoms with van der Waals surface area (Å²) >= 11 is 0. The van der Waals surface area contributed by atoms with Gasteiger partial charge in [-0.15, -0.1) is 0 Å². The van der Waals surface area contributed by atoms with Crippen LogP contribution in [0.25, 0.3) is 0 Å². The van der Waals surface area contributed by atoms with Crippen LogP contribution in [0.15, 0.2) is 30.3 Å². The van der Waals surface area contributed by atoms with Gasteiger partial charge in [0.05, 0.1) is 0 Å². The van der Waals surface area contributed by atoms with E-state index in [9.17, 15) is 0 Å². The second kappa shape index (κ2) is 12.6. The average molecular weight is 306 g/mol. The van der Waals surface area contributed by atoms with Crippen molar-refractivity contribution >= 4 is 0 Å². The van der Waals surface area contributed by atoms with E-state index in [1.807, 2.05) is 18.2 Å². The summed E-state index contributed by atoms with van der Waals surface area (Å²) in [5, 5.41) is 7.03. The van der Waals surface area contributed by atoms with Crippen LogP contribution in [0.3, 0.4) is 0 Å². The fraction of sp³-hybridized carbons (Fsp3) is 0.667. The molecule has 0 aliphatic rings. The smallest absolute Gasteiger partial charge is 0.0306 e. The zero-order chi connectivity index (χ0) is 16.0. The van der Waals surface area contributed by atoms with Crippen LogP contribution >= 0.6 is 0 Å². The molecule has 2 atom stereocenters. The van der Waals surface area contributed by atoms with Crippen LogP contribution in [0, 0.1) is 0 Å². The molecule has 0 aromatic heterocycles. The number of benzene rings is 1. The summed E-state index contributed by atoms with van der Waals surface area (Å²) in [6.45, 7) is 6.17. The van der Waals surface area contributed by atoms with Crippen LogP contribution in [-0.2, 0) is 0 Å². The zero-order valence-electron chi connectivity index (χ0n) is 14.1. The van der Waals surface area contributed by atoms with Crippen molar-refractivity contribution in [3.8, 4) is 0 Å². The first kappa shape index (κ1) is 19.1. The highest BCUT2D eigenvalue weighted by atomic mass is 14.9. The molecule has 6 N–H and O–H groups in total. The van der Waals surface area contributed by atoms with Crippen molar-refractivity contribution in [2.75, 3.05) is 26.2 Å². The van der Waals surface area contributed by atoms with Crippen molar-refractivity contribution in [3.05, 3.63) is 35.9 Å². The minimum Gasteiger partial charge on any atom is -0.330 e. The van der Waals surface area contributed by atoms with Crippen LogP contribution in [-0.4, -0.2) is 32.2 Å². The third kappa shape index (κ3) is 9.15. The second-order valence-corrected chi connectivity index (χ2v) is 6.05. The highest BCUT2D eigenvalue weighted by Gasteiger charge is 2.04. The molecule has 4 heteroatoms. The fourth-order valence-corrected chi connectivity index (χ4v) is 2.50. The van der Waals surface area contributed by atoms with Crippen molar-refractivity contribution < 1.29 is 0 Å². The maximum atomic E-state index is 6.17. The van der Waals surface area contributed by atoms with E-state index in [1.165, 1.54) is 24.8 Å². The summed E-state index contributed by atoms with van der Waals surface area (Å²) in [7, 11) is 0. The summed E-state index contributed by atoms with van der Waals surface area (Å²) in [4.78, 5) is 0. The van der Waals surface area contributed by atoms with E-state index < -0.39 is 0 Å². The quantitative estimate of drug-likeness (QED) is 0.421. The monoisotopic (exact) mass is 306 g/mol. The van der Waals surface area contributed by atoms with Crippen molar-refractivity contribution in [2.45, 2.75) is 51.1 Å². The van der Waals surface area contributed by atoms with Gasteiger partial charge in [0.1, 0.15) is 0 Å². The lowest BCUT2D eigenvalue weighted by atomic mass is 10.1. The van der Waals surface area contributed by atoms with Gasteiger partial charge in [0.15, 0.2) is 0 Å². The molecule has 0 fully saturated rings. The Hall–Kier alpha value is -0.940. The molecule has 0 radical (unpaired) electrons.